The van der Waals surface area contributed by atoms with Crippen LogP contribution in [0.2, 0.25) is 0 Å². The molecule has 1 unspecified atom stereocenters. The zero-order chi connectivity index (χ0) is 17.6. The number of carbonyl (C=O) groups is 1. The molecule has 1 aromatic carbocycles. The van der Waals surface area contributed by atoms with E-state index < -0.39 is 0 Å². The molecule has 0 saturated carbocycles. The molecule has 3 heterocycles. The van der Waals surface area contributed by atoms with Gasteiger partial charge in [0, 0.05) is 19.0 Å². The van der Waals surface area contributed by atoms with Crippen molar-refractivity contribution in [1.82, 2.24) is 4.90 Å². The monoisotopic (exact) mass is 341 g/mol. The van der Waals surface area contributed by atoms with E-state index in [1.54, 1.807) is 0 Å². The minimum absolute atomic E-state index is 0.257. The van der Waals surface area contributed by atoms with Gasteiger partial charge in [0.15, 0.2) is 5.78 Å². The summed E-state index contributed by atoms with van der Waals surface area (Å²) in [5.41, 5.74) is 1.99. The van der Waals surface area contributed by atoms with Gasteiger partial charge in [0.2, 0.25) is 0 Å². The lowest BCUT2D eigenvalue weighted by atomic mass is 9.84. The molecule has 1 aromatic rings. The third-order valence-corrected chi connectivity index (χ3v) is 5.67. The topological polar surface area (TPSA) is 29.5 Å². The van der Waals surface area contributed by atoms with E-state index in [9.17, 15) is 4.79 Å². The molecule has 1 atom stereocenters. The minimum atomic E-state index is 0.257. The Balaban J connectivity index is 1.59. The van der Waals surface area contributed by atoms with E-state index in [4.69, 9.17) is 4.74 Å². The van der Waals surface area contributed by atoms with Crippen molar-refractivity contribution in [3.63, 3.8) is 0 Å². The highest BCUT2D eigenvalue weighted by Gasteiger charge is 2.36. The van der Waals surface area contributed by atoms with Crippen LogP contribution in [-0.2, 0) is 4.79 Å². The second kappa shape index (κ2) is 8.55. The molecule has 0 N–H and O–H groups in total. The second-order valence-electron chi connectivity index (χ2n) is 7.45. The van der Waals surface area contributed by atoms with E-state index in [0.29, 0.717) is 11.7 Å². The van der Waals surface area contributed by atoms with E-state index in [0.717, 1.165) is 49.5 Å². The number of rotatable bonds is 8. The summed E-state index contributed by atoms with van der Waals surface area (Å²) in [5, 5.41) is 0. The predicted octanol–water partition coefficient (Wildman–Crippen LogP) is 4.92. The standard InChI is InChI=1S/C22H31NO2/c1-3-5-6-17(4-2)16-25-20-9-7-18(8-10-20)15-21-22(24)19-11-13-23(21)14-12-19/h7-10,15,17,19H,3-6,11-14,16H2,1-2H3/b21-15+. The number of benzene rings is 1. The van der Waals surface area contributed by atoms with Crippen LogP contribution < -0.4 is 4.74 Å². The van der Waals surface area contributed by atoms with Crippen molar-refractivity contribution in [1.29, 1.82) is 0 Å². The lowest BCUT2D eigenvalue weighted by molar-refractivity contribution is -0.125. The number of allylic oxidation sites excluding steroid dienone is 1. The third-order valence-electron chi connectivity index (χ3n) is 5.67. The van der Waals surface area contributed by atoms with E-state index in [2.05, 4.69) is 30.9 Å². The molecule has 3 heteroatoms. The summed E-state index contributed by atoms with van der Waals surface area (Å²) in [5.74, 6) is 2.16. The van der Waals surface area contributed by atoms with Crippen LogP contribution in [0.5, 0.6) is 5.75 Å². The quantitative estimate of drug-likeness (QED) is 0.629. The molecule has 3 fully saturated rings. The van der Waals surface area contributed by atoms with Crippen LogP contribution in [0.15, 0.2) is 30.0 Å². The fourth-order valence-corrected chi connectivity index (χ4v) is 3.84. The highest BCUT2D eigenvalue weighted by molar-refractivity contribution is 6.01. The van der Waals surface area contributed by atoms with E-state index in [1.807, 2.05) is 18.2 Å². The smallest absolute Gasteiger partial charge is 0.182 e. The van der Waals surface area contributed by atoms with Gasteiger partial charge in [0.25, 0.3) is 0 Å². The van der Waals surface area contributed by atoms with Crippen molar-refractivity contribution in [3.05, 3.63) is 35.5 Å². The van der Waals surface area contributed by atoms with Crippen LogP contribution in [0.25, 0.3) is 6.08 Å². The van der Waals surface area contributed by atoms with Gasteiger partial charge in [-0.05, 0) is 49.0 Å². The van der Waals surface area contributed by atoms with Crippen LogP contribution >= 0.6 is 0 Å². The molecule has 3 saturated heterocycles. The fraction of sp³-hybridized carbons (Fsp3) is 0.591. The second-order valence-corrected chi connectivity index (χ2v) is 7.45. The molecule has 2 bridgehead atoms. The van der Waals surface area contributed by atoms with Crippen LogP contribution in [0, 0.1) is 11.8 Å². The molecule has 3 aliphatic heterocycles. The molecule has 0 amide bonds. The van der Waals surface area contributed by atoms with Crippen LogP contribution in [-0.4, -0.2) is 30.4 Å². The highest BCUT2D eigenvalue weighted by atomic mass is 16.5. The molecule has 136 valence electrons. The molecule has 0 aliphatic carbocycles. The Morgan fingerprint density at radius 1 is 1.20 bits per heavy atom. The molecule has 25 heavy (non-hydrogen) atoms. The van der Waals surface area contributed by atoms with E-state index in [-0.39, 0.29) is 5.92 Å². The summed E-state index contributed by atoms with van der Waals surface area (Å²) in [6, 6.07) is 8.18. The number of hydrogen-bond acceptors (Lipinski definition) is 3. The summed E-state index contributed by atoms with van der Waals surface area (Å²) in [4.78, 5) is 14.7. The Labute approximate surface area is 152 Å². The number of piperidine rings is 3. The zero-order valence-corrected chi connectivity index (χ0v) is 15.7. The van der Waals surface area contributed by atoms with Crippen molar-refractivity contribution in [2.75, 3.05) is 19.7 Å². The van der Waals surface area contributed by atoms with Gasteiger partial charge in [-0.15, -0.1) is 0 Å². The van der Waals surface area contributed by atoms with Gasteiger partial charge in [0.1, 0.15) is 5.75 Å². The first-order valence-electron chi connectivity index (χ1n) is 9.95. The Morgan fingerprint density at radius 3 is 2.52 bits per heavy atom. The maximum absolute atomic E-state index is 12.4. The fourth-order valence-electron chi connectivity index (χ4n) is 3.84. The number of Topliss-reactive ketones (excluding diaryl/α,β-unsaturated/α-hetero) is 1. The van der Waals surface area contributed by atoms with Crippen molar-refractivity contribution in [3.8, 4) is 5.75 Å². The normalized spacial score (nSPS) is 20.3. The summed E-state index contributed by atoms with van der Waals surface area (Å²) >= 11 is 0. The zero-order valence-electron chi connectivity index (χ0n) is 15.7. The minimum Gasteiger partial charge on any atom is -0.493 e. The van der Waals surface area contributed by atoms with Gasteiger partial charge in [-0.3, -0.25) is 4.79 Å². The number of unbranched alkanes of at least 4 members (excludes halogenated alkanes) is 1. The predicted molar refractivity (Wildman–Crippen MR) is 103 cm³/mol. The number of nitrogens with zero attached hydrogens (tertiary/aromatic N) is 1. The highest BCUT2D eigenvalue weighted by Crippen LogP contribution is 2.32. The van der Waals surface area contributed by atoms with Crippen molar-refractivity contribution in [2.24, 2.45) is 11.8 Å². The summed E-state index contributed by atoms with van der Waals surface area (Å²) in [6.07, 6.45) is 9.04. The van der Waals surface area contributed by atoms with Gasteiger partial charge in [-0.2, -0.15) is 0 Å². The number of hydrogen-bond donors (Lipinski definition) is 0. The first-order valence-corrected chi connectivity index (χ1v) is 9.95. The summed E-state index contributed by atoms with van der Waals surface area (Å²) < 4.78 is 5.97. The lowest BCUT2D eigenvalue weighted by Crippen LogP contribution is -2.45. The number of carbonyl (C=O) groups excluding carboxylic acids is 1. The van der Waals surface area contributed by atoms with Gasteiger partial charge < -0.3 is 9.64 Å². The average molecular weight is 341 g/mol. The summed E-state index contributed by atoms with van der Waals surface area (Å²) in [6.45, 7) is 7.33. The lowest BCUT2D eigenvalue weighted by Gasteiger charge is -2.41. The Bertz CT molecular complexity index is 597. The maximum atomic E-state index is 12.4. The molecule has 0 spiro atoms. The molecule has 0 aromatic heterocycles. The van der Waals surface area contributed by atoms with Crippen molar-refractivity contribution < 1.29 is 9.53 Å². The van der Waals surface area contributed by atoms with E-state index >= 15 is 0 Å². The number of fused-ring (bicyclic) bond motifs is 3. The van der Waals surface area contributed by atoms with Gasteiger partial charge in [-0.1, -0.05) is 45.2 Å². The molecule has 4 rings (SSSR count). The molecular weight excluding hydrogens is 310 g/mol. The SMILES string of the molecule is CCCCC(CC)COc1ccc(/C=C2\C(=O)C3CCN2CC3)cc1. The number of ketones is 1. The van der Waals surface area contributed by atoms with Crippen LogP contribution in [0.4, 0.5) is 0 Å². The molecule has 0 radical (unpaired) electrons. The van der Waals surface area contributed by atoms with Crippen molar-refractivity contribution >= 4 is 11.9 Å². The number of ether oxygens (including phenoxy) is 1. The Kier molecular flexibility index (Phi) is 6.17. The molecule has 3 aliphatic rings. The average Bonchev–Trinajstić information content (AvgIpc) is 2.66. The van der Waals surface area contributed by atoms with Gasteiger partial charge >= 0.3 is 0 Å². The Morgan fingerprint density at radius 2 is 1.92 bits per heavy atom. The van der Waals surface area contributed by atoms with E-state index in [1.165, 1.54) is 25.7 Å². The third kappa shape index (κ3) is 4.45. The maximum Gasteiger partial charge on any atom is 0.182 e. The van der Waals surface area contributed by atoms with Crippen molar-refractivity contribution in [2.45, 2.75) is 52.4 Å². The first-order chi connectivity index (χ1) is 12.2. The molecule has 3 nitrogen and oxygen atoms in total. The van der Waals surface area contributed by atoms with Gasteiger partial charge in [0.05, 0.1) is 12.3 Å². The Hall–Kier alpha value is -1.77. The first kappa shape index (κ1) is 18.0. The van der Waals surface area contributed by atoms with Gasteiger partial charge in [-0.25, -0.2) is 0 Å². The van der Waals surface area contributed by atoms with Crippen LogP contribution in [0.3, 0.4) is 0 Å². The summed E-state index contributed by atoms with van der Waals surface area (Å²) in [7, 11) is 0. The largest absolute Gasteiger partial charge is 0.493 e. The van der Waals surface area contributed by atoms with Crippen LogP contribution in [0.1, 0.15) is 57.9 Å². The molecular formula is C22H31NO2.